The number of nitrogens with zero attached hydrogens (tertiary/aromatic N) is 1. The number of hydrogen-bond acceptors (Lipinski definition) is 2. The van der Waals surface area contributed by atoms with Crippen LogP contribution in [0.1, 0.15) is 29.5 Å². The van der Waals surface area contributed by atoms with E-state index in [0.29, 0.717) is 0 Å². The van der Waals surface area contributed by atoms with Crippen LogP contribution < -0.4 is 5.32 Å². The quantitative estimate of drug-likeness (QED) is 0.196. The summed E-state index contributed by atoms with van der Waals surface area (Å²) in [5, 5.41) is 8.52. The highest BCUT2D eigenvalue weighted by Gasteiger charge is 2.18. The lowest BCUT2D eigenvalue weighted by Gasteiger charge is -2.19. The third-order valence-corrected chi connectivity index (χ3v) is 9.58. The molecule has 226 valence electrons. The molecule has 3 heteroatoms. The fourth-order valence-electron chi connectivity index (χ4n) is 7.31. The summed E-state index contributed by atoms with van der Waals surface area (Å²) in [6.07, 6.45) is 6.86. The second-order valence-corrected chi connectivity index (χ2v) is 12.5. The van der Waals surface area contributed by atoms with Gasteiger partial charge in [0.1, 0.15) is 11.2 Å². The van der Waals surface area contributed by atoms with Crippen molar-refractivity contribution in [3.05, 3.63) is 168 Å². The number of furan rings is 1. The highest BCUT2D eigenvalue weighted by Crippen LogP contribution is 2.39. The molecule has 1 aliphatic rings. The Bertz CT molecular complexity index is 2490. The standard InChI is InChI=1S/C44H34N2O/c1-2-11-30(12-3-1)28-45-29-34-13-4-5-16-36(34)33-14-10-15-35(25-33)46-41-19-8-6-17-37(41)38-23-21-32(27-42(38)46)31-22-24-44-40(26-31)39-18-7-9-20-43(39)47-44/h1-9,11-13,15-27,45H,10,14,28-29H2. The van der Waals surface area contributed by atoms with E-state index >= 15 is 0 Å². The van der Waals surface area contributed by atoms with Crippen LogP contribution in [-0.2, 0) is 13.1 Å². The summed E-state index contributed by atoms with van der Waals surface area (Å²) >= 11 is 0. The van der Waals surface area contributed by atoms with Crippen LogP contribution in [0.5, 0.6) is 0 Å². The molecule has 2 aromatic heterocycles. The van der Waals surface area contributed by atoms with E-state index in [1.165, 1.54) is 60.9 Å². The van der Waals surface area contributed by atoms with Gasteiger partial charge in [-0.25, -0.2) is 0 Å². The Labute approximate surface area is 274 Å². The molecule has 0 fully saturated rings. The zero-order valence-electron chi connectivity index (χ0n) is 26.1. The van der Waals surface area contributed by atoms with E-state index in [0.717, 1.165) is 47.9 Å². The van der Waals surface area contributed by atoms with Gasteiger partial charge in [-0.15, -0.1) is 0 Å². The molecule has 2 heterocycles. The third-order valence-electron chi connectivity index (χ3n) is 9.58. The molecule has 0 unspecified atom stereocenters. The van der Waals surface area contributed by atoms with E-state index in [1.807, 2.05) is 12.1 Å². The molecule has 9 rings (SSSR count). The van der Waals surface area contributed by atoms with E-state index in [4.69, 9.17) is 4.42 Å². The maximum absolute atomic E-state index is 6.13. The Morgan fingerprint density at radius 1 is 0.574 bits per heavy atom. The van der Waals surface area contributed by atoms with E-state index in [2.05, 4.69) is 149 Å². The lowest BCUT2D eigenvalue weighted by molar-refractivity contribution is 0.669. The molecular weight excluding hydrogens is 572 g/mol. The summed E-state index contributed by atoms with van der Waals surface area (Å²) in [4.78, 5) is 0. The largest absolute Gasteiger partial charge is 0.456 e. The summed E-state index contributed by atoms with van der Waals surface area (Å²) in [6.45, 7) is 1.68. The second kappa shape index (κ2) is 11.6. The highest BCUT2D eigenvalue weighted by molar-refractivity contribution is 6.12. The summed E-state index contributed by atoms with van der Waals surface area (Å²) < 4.78 is 8.59. The first-order valence-electron chi connectivity index (χ1n) is 16.5. The first kappa shape index (κ1) is 27.7. The van der Waals surface area contributed by atoms with Gasteiger partial charge in [-0.3, -0.25) is 0 Å². The van der Waals surface area contributed by atoms with Gasteiger partial charge in [-0.05, 0) is 82.6 Å². The van der Waals surface area contributed by atoms with Crippen molar-refractivity contribution in [3.63, 3.8) is 0 Å². The average molecular weight is 607 g/mol. The predicted octanol–water partition coefficient (Wildman–Crippen LogP) is 11.4. The first-order valence-corrected chi connectivity index (χ1v) is 16.5. The lowest BCUT2D eigenvalue weighted by Crippen LogP contribution is -2.14. The van der Waals surface area contributed by atoms with Crippen molar-refractivity contribution in [1.29, 1.82) is 0 Å². The number of fused-ring (bicyclic) bond motifs is 6. The molecule has 0 spiro atoms. The Kier molecular flexibility index (Phi) is 6.84. The number of allylic oxidation sites excluding steroid dienone is 4. The van der Waals surface area contributed by atoms with Gasteiger partial charge in [-0.2, -0.15) is 0 Å². The Morgan fingerprint density at radius 2 is 1.30 bits per heavy atom. The SMILES string of the molecule is C1=C(c2ccccc2CNCc2ccccc2)CCC=C1n1c2ccccc2c2ccc(-c3ccc4oc5ccccc5c4c3)cc21. The number of rotatable bonds is 7. The van der Waals surface area contributed by atoms with Gasteiger partial charge >= 0.3 is 0 Å². The molecule has 8 aromatic rings. The van der Waals surface area contributed by atoms with Crippen LogP contribution >= 0.6 is 0 Å². The molecule has 6 aromatic carbocycles. The Hall–Kier alpha value is -5.64. The molecule has 0 atom stereocenters. The van der Waals surface area contributed by atoms with Gasteiger partial charge in [0, 0.05) is 40.3 Å². The summed E-state index contributed by atoms with van der Waals surface area (Å²) in [5.74, 6) is 0. The minimum atomic E-state index is 0.830. The minimum Gasteiger partial charge on any atom is -0.456 e. The van der Waals surface area contributed by atoms with Gasteiger partial charge in [0.05, 0.1) is 11.0 Å². The number of aromatic nitrogens is 1. The smallest absolute Gasteiger partial charge is 0.135 e. The molecule has 0 bridgehead atoms. The maximum atomic E-state index is 6.13. The van der Waals surface area contributed by atoms with E-state index in [1.54, 1.807) is 0 Å². The third kappa shape index (κ3) is 4.97. The van der Waals surface area contributed by atoms with Crippen molar-refractivity contribution in [2.24, 2.45) is 0 Å². The average Bonchev–Trinajstić information content (AvgIpc) is 3.67. The maximum Gasteiger partial charge on any atom is 0.135 e. The van der Waals surface area contributed by atoms with Crippen molar-refractivity contribution >= 4 is 55.0 Å². The monoisotopic (exact) mass is 606 g/mol. The van der Waals surface area contributed by atoms with Crippen LogP contribution in [-0.4, -0.2) is 4.57 Å². The number of benzene rings is 6. The fourth-order valence-corrected chi connectivity index (χ4v) is 7.31. The Morgan fingerprint density at radius 3 is 2.23 bits per heavy atom. The van der Waals surface area contributed by atoms with Crippen LogP contribution in [0, 0.1) is 0 Å². The molecular formula is C44H34N2O. The second-order valence-electron chi connectivity index (χ2n) is 12.5. The number of nitrogens with one attached hydrogen (secondary N) is 1. The molecule has 0 saturated heterocycles. The highest BCUT2D eigenvalue weighted by atomic mass is 16.3. The van der Waals surface area contributed by atoms with Crippen molar-refractivity contribution in [2.45, 2.75) is 25.9 Å². The van der Waals surface area contributed by atoms with Crippen LogP contribution in [0.3, 0.4) is 0 Å². The van der Waals surface area contributed by atoms with Gasteiger partial charge in [0.15, 0.2) is 0 Å². The Balaban J connectivity index is 1.12. The lowest BCUT2D eigenvalue weighted by atomic mass is 9.92. The van der Waals surface area contributed by atoms with Crippen LogP contribution in [0.25, 0.3) is 66.1 Å². The van der Waals surface area contributed by atoms with E-state index in [9.17, 15) is 0 Å². The van der Waals surface area contributed by atoms with Crippen molar-refractivity contribution in [3.8, 4) is 11.1 Å². The molecule has 3 nitrogen and oxygen atoms in total. The number of para-hydroxylation sites is 2. The molecule has 1 aliphatic carbocycles. The molecule has 0 saturated carbocycles. The van der Waals surface area contributed by atoms with Crippen molar-refractivity contribution in [2.75, 3.05) is 0 Å². The summed E-state index contributed by atoms with van der Waals surface area (Å²) in [7, 11) is 0. The predicted molar refractivity (Wildman–Crippen MR) is 197 cm³/mol. The normalized spacial score (nSPS) is 13.4. The van der Waals surface area contributed by atoms with Crippen LogP contribution in [0.15, 0.2) is 156 Å². The molecule has 0 amide bonds. The molecule has 47 heavy (non-hydrogen) atoms. The summed E-state index contributed by atoms with van der Waals surface area (Å²) in [5.41, 5.74) is 13.3. The topological polar surface area (TPSA) is 30.1 Å². The zero-order chi connectivity index (χ0) is 31.2. The van der Waals surface area contributed by atoms with Crippen molar-refractivity contribution in [1.82, 2.24) is 9.88 Å². The summed E-state index contributed by atoms with van der Waals surface area (Å²) in [6, 6.07) is 50.1. The van der Waals surface area contributed by atoms with Gasteiger partial charge in [0.2, 0.25) is 0 Å². The minimum absolute atomic E-state index is 0.830. The van der Waals surface area contributed by atoms with Crippen LogP contribution in [0.2, 0.25) is 0 Å². The van der Waals surface area contributed by atoms with E-state index in [-0.39, 0.29) is 0 Å². The van der Waals surface area contributed by atoms with E-state index < -0.39 is 0 Å². The zero-order valence-corrected chi connectivity index (χ0v) is 26.1. The van der Waals surface area contributed by atoms with Crippen LogP contribution in [0.4, 0.5) is 0 Å². The molecule has 1 N–H and O–H groups in total. The van der Waals surface area contributed by atoms with Gasteiger partial charge < -0.3 is 14.3 Å². The molecule has 0 radical (unpaired) electrons. The first-order chi connectivity index (χ1) is 23.3. The number of hydrogen-bond donors (Lipinski definition) is 1. The molecule has 0 aliphatic heterocycles. The van der Waals surface area contributed by atoms with Gasteiger partial charge in [0.25, 0.3) is 0 Å². The van der Waals surface area contributed by atoms with Crippen molar-refractivity contribution < 1.29 is 4.42 Å². The van der Waals surface area contributed by atoms with Gasteiger partial charge in [-0.1, -0.05) is 115 Å². The fraction of sp³-hybridized carbons (Fsp3) is 0.0909.